The molecule has 4 aliphatic rings. The van der Waals surface area contributed by atoms with Crippen molar-refractivity contribution in [3.8, 4) is 11.5 Å². The van der Waals surface area contributed by atoms with E-state index in [1.54, 1.807) is 12.1 Å². The first-order valence-corrected chi connectivity index (χ1v) is 20.7. The predicted molar refractivity (Wildman–Crippen MR) is 211 cm³/mol. The lowest BCUT2D eigenvalue weighted by atomic mass is 9.55. The zero-order valence-electron chi connectivity index (χ0n) is 32.2. The van der Waals surface area contributed by atoms with Crippen molar-refractivity contribution in [1.82, 2.24) is 4.90 Å². The molecule has 0 spiro atoms. The third-order valence-electron chi connectivity index (χ3n) is 12.3. The molecule has 2 aromatic carbocycles. The van der Waals surface area contributed by atoms with Gasteiger partial charge in [0.05, 0.1) is 18.2 Å². The number of aromatic hydroxyl groups is 1. The number of oxime groups is 1. The van der Waals surface area contributed by atoms with Gasteiger partial charge in [-0.25, -0.2) is 0 Å². The number of amides is 1. The lowest BCUT2D eigenvalue weighted by Gasteiger charge is -2.60. The fourth-order valence-corrected chi connectivity index (χ4v) is 9.88. The van der Waals surface area contributed by atoms with Gasteiger partial charge in [0, 0.05) is 44.1 Å². The molecule has 9 nitrogen and oxygen atoms in total. The van der Waals surface area contributed by atoms with Gasteiger partial charge in [0.25, 0.3) is 0 Å². The Morgan fingerprint density at radius 1 is 1.04 bits per heavy atom. The van der Waals surface area contributed by atoms with Crippen molar-refractivity contribution in [2.45, 2.75) is 121 Å². The summed E-state index contributed by atoms with van der Waals surface area (Å²) in [7, 11) is 0. The zero-order valence-corrected chi connectivity index (χ0v) is 32.2. The number of hydrogen-bond acceptors (Lipinski definition) is 8. The van der Waals surface area contributed by atoms with Gasteiger partial charge in [-0.15, -0.1) is 6.58 Å². The van der Waals surface area contributed by atoms with Gasteiger partial charge in [0.1, 0.15) is 24.1 Å². The van der Waals surface area contributed by atoms with E-state index in [1.807, 2.05) is 47.4 Å². The van der Waals surface area contributed by atoms with E-state index in [0.717, 1.165) is 60.9 Å². The highest BCUT2D eigenvalue weighted by molar-refractivity contribution is 6.03. The Hall–Kier alpha value is -3.66. The van der Waals surface area contributed by atoms with Gasteiger partial charge in [-0.2, -0.15) is 0 Å². The Balaban J connectivity index is 1.52. The molecule has 1 heterocycles. The van der Waals surface area contributed by atoms with Crippen LogP contribution in [0, 0.1) is 23.7 Å². The number of unbranched alkanes of at least 4 members (excludes halogenated alkanes) is 2. The maximum atomic E-state index is 14.6. The first-order chi connectivity index (χ1) is 26.4. The minimum Gasteiger partial charge on any atom is -0.508 e. The van der Waals surface area contributed by atoms with Crippen molar-refractivity contribution < 1.29 is 34.4 Å². The second-order valence-corrected chi connectivity index (χ2v) is 15.8. The molecule has 3 aliphatic carbocycles. The zero-order chi connectivity index (χ0) is 37.9. The van der Waals surface area contributed by atoms with Crippen molar-refractivity contribution in [1.29, 1.82) is 0 Å². The summed E-state index contributed by atoms with van der Waals surface area (Å²) in [6.07, 6.45) is 16.3. The highest BCUT2D eigenvalue weighted by Gasteiger charge is 2.65. The summed E-state index contributed by atoms with van der Waals surface area (Å²) in [6.45, 7) is 7.48. The number of nitrogens with zero attached hydrogens (tertiary/aromatic N) is 2. The Kier molecular flexibility index (Phi) is 14.3. The smallest absolute Gasteiger partial charge is 0.239 e. The number of phenolic OH excluding ortho intramolecular Hbond substituents is 1. The monoisotopic (exact) mass is 742 g/mol. The molecule has 2 saturated carbocycles. The number of benzene rings is 2. The molecule has 6 rings (SSSR count). The Labute approximate surface area is 322 Å². The average molecular weight is 743 g/mol. The van der Waals surface area contributed by atoms with Gasteiger partial charge < -0.3 is 34.5 Å². The van der Waals surface area contributed by atoms with Crippen molar-refractivity contribution >= 4 is 11.6 Å². The molecule has 0 aromatic heterocycles. The number of phenols is 1. The molecule has 294 valence electrons. The number of aliphatic hydroxyl groups excluding tert-OH is 2. The summed E-state index contributed by atoms with van der Waals surface area (Å²) >= 11 is 0. The van der Waals surface area contributed by atoms with Crippen LogP contribution in [0.2, 0.25) is 0 Å². The molecule has 0 bridgehead atoms. The number of aliphatic hydroxyl groups is 2. The Morgan fingerprint density at radius 3 is 2.52 bits per heavy atom. The predicted octanol–water partition coefficient (Wildman–Crippen LogP) is 8.44. The number of hydrogen-bond donors (Lipinski definition) is 3. The fourth-order valence-electron chi connectivity index (χ4n) is 9.88. The van der Waals surface area contributed by atoms with Gasteiger partial charge in [0.2, 0.25) is 11.7 Å². The molecule has 2 fully saturated rings. The lowest BCUT2D eigenvalue weighted by Crippen LogP contribution is -2.70. The van der Waals surface area contributed by atoms with Crippen LogP contribution in [-0.2, 0) is 21.0 Å². The number of ether oxygens (including phenoxy) is 2. The quantitative estimate of drug-likeness (QED) is 0.0708. The van der Waals surface area contributed by atoms with Gasteiger partial charge in [-0.1, -0.05) is 93.1 Å². The third-order valence-corrected chi connectivity index (χ3v) is 12.3. The van der Waals surface area contributed by atoms with Crippen LogP contribution < -0.4 is 4.74 Å². The largest absolute Gasteiger partial charge is 0.508 e. The third kappa shape index (κ3) is 8.90. The minimum absolute atomic E-state index is 0.112. The Bertz CT molecular complexity index is 1590. The van der Waals surface area contributed by atoms with E-state index >= 15 is 0 Å². The molecule has 1 aliphatic heterocycles. The standard InChI is InChI=1S/C45H62N2O7/c1-3-24-47(42(51)23-20-32-14-8-9-15-32)41-30-39(46-53-31-33-16-6-5-7-17-33)37-28-34(18-10-12-25-48)36(19-11-13-26-49)43-38-29-35(50)21-22-40(38)54-45(41,44(37)43)52-27-4-2/h4-7,16-17,21-22,28-29,32,34,36,41,43-44,48-50H,2-3,8-15,18-20,23-27,30-31H2,1H3/t34-,36+,41-,43+,44+,45+/m0/s1. The summed E-state index contributed by atoms with van der Waals surface area (Å²) in [5.74, 6) is -0.0266. The molecule has 1 amide bonds. The van der Waals surface area contributed by atoms with E-state index in [2.05, 4.69) is 19.6 Å². The van der Waals surface area contributed by atoms with Crippen LogP contribution in [0.5, 0.6) is 11.5 Å². The first-order valence-electron chi connectivity index (χ1n) is 20.7. The number of fused-ring (bicyclic) bond motifs is 2. The van der Waals surface area contributed by atoms with E-state index in [9.17, 15) is 20.1 Å². The van der Waals surface area contributed by atoms with E-state index in [1.165, 1.54) is 25.7 Å². The molecule has 6 atom stereocenters. The molecular formula is C45H62N2O7. The number of carbonyl (C=O) groups excluding carboxylic acids is 1. The van der Waals surface area contributed by atoms with Crippen LogP contribution in [0.4, 0.5) is 0 Å². The van der Waals surface area contributed by atoms with E-state index in [4.69, 9.17) is 19.5 Å². The maximum absolute atomic E-state index is 14.6. The molecule has 0 saturated heterocycles. The van der Waals surface area contributed by atoms with Gasteiger partial charge in [-0.3, -0.25) is 4.79 Å². The van der Waals surface area contributed by atoms with Crippen molar-refractivity contribution in [2.24, 2.45) is 28.8 Å². The van der Waals surface area contributed by atoms with Crippen LogP contribution in [-0.4, -0.2) is 70.0 Å². The minimum atomic E-state index is -1.27. The number of allylic oxidation sites excluding steroid dienone is 1. The van der Waals surface area contributed by atoms with Gasteiger partial charge >= 0.3 is 0 Å². The fraction of sp³-hybridized carbons (Fsp3) is 0.600. The summed E-state index contributed by atoms with van der Waals surface area (Å²) in [5, 5.41) is 35.5. The van der Waals surface area contributed by atoms with Crippen LogP contribution in [0.25, 0.3) is 0 Å². The van der Waals surface area contributed by atoms with Crippen LogP contribution in [0.15, 0.2) is 78.0 Å². The van der Waals surface area contributed by atoms with Crippen molar-refractivity contribution in [3.63, 3.8) is 0 Å². The lowest BCUT2D eigenvalue weighted by molar-refractivity contribution is -0.257. The SMILES string of the molecule is C=CCO[C@@]12Oc3ccc(O)cc3[C@H]3[C@H](CCCCO)[C@@H](CCCCO)C=C(C(=NOCc4ccccc4)C[C@@H]1N(CCC)C(=O)CCC1CCCC1)[C@H]32. The van der Waals surface area contributed by atoms with Crippen molar-refractivity contribution in [2.75, 3.05) is 26.4 Å². The molecule has 3 N–H and O–H groups in total. The van der Waals surface area contributed by atoms with Crippen LogP contribution >= 0.6 is 0 Å². The second-order valence-electron chi connectivity index (χ2n) is 15.8. The molecule has 9 heteroatoms. The summed E-state index contributed by atoms with van der Waals surface area (Å²) in [5.41, 5.74) is 3.73. The summed E-state index contributed by atoms with van der Waals surface area (Å²) in [4.78, 5) is 22.8. The maximum Gasteiger partial charge on any atom is 0.239 e. The number of carbonyl (C=O) groups is 1. The molecule has 54 heavy (non-hydrogen) atoms. The van der Waals surface area contributed by atoms with E-state index in [-0.39, 0.29) is 55.1 Å². The molecule has 0 unspecified atom stereocenters. The molecule has 2 aromatic rings. The highest BCUT2D eigenvalue weighted by Crippen LogP contribution is 2.62. The molecule has 0 radical (unpaired) electrons. The second kappa shape index (κ2) is 19.3. The van der Waals surface area contributed by atoms with E-state index in [0.29, 0.717) is 50.5 Å². The highest BCUT2D eigenvalue weighted by atomic mass is 16.7. The summed E-state index contributed by atoms with van der Waals surface area (Å²) < 4.78 is 14.3. The normalized spacial score (nSPS) is 26.8. The van der Waals surface area contributed by atoms with E-state index < -0.39 is 11.8 Å². The molecular weight excluding hydrogens is 681 g/mol. The topological polar surface area (TPSA) is 121 Å². The number of rotatable bonds is 20. The van der Waals surface area contributed by atoms with Gasteiger partial charge in [0.15, 0.2) is 0 Å². The summed E-state index contributed by atoms with van der Waals surface area (Å²) in [6, 6.07) is 14.8. The Morgan fingerprint density at radius 2 is 1.80 bits per heavy atom. The van der Waals surface area contributed by atoms with Crippen LogP contribution in [0.1, 0.15) is 114 Å². The first kappa shape index (κ1) is 40.0. The van der Waals surface area contributed by atoms with Crippen molar-refractivity contribution in [3.05, 3.63) is 84.0 Å². The van der Waals surface area contributed by atoms with Gasteiger partial charge in [-0.05, 0) is 85.6 Å². The van der Waals surface area contributed by atoms with Crippen LogP contribution in [0.3, 0.4) is 0 Å². The average Bonchev–Trinajstić information content (AvgIpc) is 3.71.